The number of carbonyl (C=O) groups excluding carboxylic acids is 1. The second kappa shape index (κ2) is 8.16. The highest BCUT2D eigenvalue weighted by Crippen LogP contribution is 2.67. The molecule has 0 aromatic heterocycles. The summed E-state index contributed by atoms with van der Waals surface area (Å²) in [5.41, 5.74) is 3.57. The minimum absolute atomic E-state index is 0.0495. The van der Waals surface area contributed by atoms with Gasteiger partial charge in [0.15, 0.2) is 6.29 Å². The highest BCUT2D eigenvalue weighted by atomic mass is 16.7. The maximum absolute atomic E-state index is 12.4. The molecule has 6 aliphatic heterocycles. The summed E-state index contributed by atoms with van der Waals surface area (Å²) >= 11 is 0. The number of hydrogen-bond acceptors (Lipinski definition) is 10. The van der Waals surface area contributed by atoms with Crippen molar-refractivity contribution in [3.8, 4) is 0 Å². The third kappa shape index (κ3) is 2.95. The van der Waals surface area contributed by atoms with E-state index in [0.29, 0.717) is 0 Å². The Bertz CT molecular complexity index is 1200. The van der Waals surface area contributed by atoms with E-state index >= 15 is 0 Å². The fourth-order valence-electron chi connectivity index (χ4n) is 8.32. The minimum atomic E-state index is -1.52. The third-order valence-corrected chi connectivity index (χ3v) is 9.62. The molecule has 10 nitrogen and oxygen atoms in total. The van der Waals surface area contributed by atoms with Crippen molar-refractivity contribution in [1.29, 1.82) is 0 Å². The molecule has 13 atom stereocenters. The normalized spacial score (nSPS) is 49.7. The summed E-state index contributed by atoms with van der Waals surface area (Å²) in [6, 6.07) is 8.10. The van der Waals surface area contributed by atoms with Crippen LogP contribution < -0.4 is 0 Å². The number of hydrogen-bond donors (Lipinski definition) is 4. The summed E-state index contributed by atoms with van der Waals surface area (Å²) in [5, 5.41) is 40.9. The van der Waals surface area contributed by atoms with Gasteiger partial charge in [0, 0.05) is 18.9 Å². The Hall–Kier alpha value is -2.18. The van der Waals surface area contributed by atoms with Crippen LogP contribution in [0.15, 0.2) is 40.9 Å². The van der Waals surface area contributed by atoms with E-state index in [-0.39, 0.29) is 36.0 Å². The van der Waals surface area contributed by atoms with Crippen molar-refractivity contribution in [2.24, 2.45) is 16.8 Å². The number of piperidine rings is 4. The Kier molecular flexibility index (Phi) is 5.27. The lowest BCUT2D eigenvalue weighted by Crippen LogP contribution is -2.70. The molecule has 8 rings (SSSR count). The molecule has 5 saturated heterocycles. The molecule has 6 heterocycles. The lowest BCUT2D eigenvalue weighted by molar-refractivity contribution is -0.328. The first kappa shape index (κ1) is 23.9. The molecule has 10 heteroatoms. The van der Waals surface area contributed by atoms with Gasteiger partial charge in [0.05, 0.1) is 29.5 Å². The Morgan fingerprint density at radius 2 is 2.03 bits per heavy atom. The number of aliphatic hydroxyl groups is 4. The smallest absolute Gasteiger partial charge is 0.302 e. The summed E-state index contributed by atoms with van der Waals surface area (Å²) in [6.45, 7) is 2.89. The van der Waals surface area contributed by atoms with E-state index in [1.165, 1.54) is 6.92 Å². The molecule has 1 aromatic carbocycles. The molecular formula is C27H32N2O8. The number of allylic oxidation sites excluding steroid dienone is 1. The summed E-state index contributed by atoms with van der Waals surface area (Å²) in [5.74, 6) is -0.176. The second-order valence-electron chi connectivity index (χ2n) is 11.1. The molecule has 37 heavy (non-hydrogen) atoms. The molecule has 5 bridgehead atoms. The van der Waals surface area contributed by atoms with Gasteiger partial charge in [-0.3, -0.25) is 14.7 Å². The average molecular weight is 513 g/mol. The van der Waals surface area contributed by atoms with Crippen molar-refractivity contribution >= 4 is 17.4 Å². The van der Waals surface area contributed by atoms with Crippen LogP contribution >= 0.6 is 0 Å². The molecule has 1 saturated carbocycles. The fourth-order valence-corrected chi connectivity index (χ4v) is 8.32. The number of ether oxygens (including phenoxy) is 3. The molecule has 7 aliphatic rings. The Labute approximate surface area is 214 Å². The summed E-state index contributed by atoms with van der Waals surface area (Å²) < 4.78 is 18.3. The van der Waals surface area contributed by atoms with E-state index in [1.54, 1.807) is 0 Å². The first-order valence-electron chi connectivity index (χ1n) is 13.1. The number of aliphatic hydroxyl groups excluding tert-OH is 4. The molecule has 1 spiro atoms. The standard InChI is InChI=1S/C27H32N2O8/c1-3-12-13-8-16-23-27(14-6-4-5-7-15(14)28-23)9-17(19(13)24(27)35-11(2)31)29(16)25(12)37-26-22(34)21(33)20(32)18(10-30)36-26/h3-7,13,16-22,24-26,30,32-34H,8-10H2,1-2H3/b12-3+/t13?,16-,17-,18+,19?,20+,21-,22+,24+,25+,26-,27+/m0/s1. The van der Waals surface area contributed by atoms with Crippen molar-refractivity contribution in [3.63, 3.8) is 0 Å². The van der Waals surface area contributed by atoms with Gasteiger partial charge in [0.1, 0.15) is 36.7 Å². The third-order valence-electron chi connectivity index (χ3n) is 9.62. The van der Waals surface area contributed by atoms with Crippen molar-refractivity contribution in [3.05, 3.63) is 41.5 Å². The lowest BCUT2D eigenvalue weighted by Gasteiger charge is -2.59. The SMILES string of the molecule is C/C=C1\C2C[C@H]3C4=Nc5ccccc5[C@]45C[C@@H](C2[C@H]5OC(C)=O)N3[C@@H]1O[C@@H]1O[C@H](CO)[C@@H](O)[C@H](O)[C@H]1O. The van der Waals surface area contributed by atoms with Crippen molar-refractivity contribution < 1.29 is 39.4 Å². The van der Waals surface area contributed by atoms with Crippen molar-refractivity contribution in [1.82, 2.24) is 4.90 Å². The van der Waals surface area contributed by atoms with Crippen LogP contribution in [0.3, 0.4) is 0 Å². The highest BCUT2D eigenvalue weighted by Gasteiger charge is 2.75. The van der Waals surface area contributed by atoms with Crippen molar-refractivity contribution in [2.45, 2.75) is 87.2 Å². The van der Waals surface area contributed by atoms with E-state index in [0.717, 1.165) is 35.4 Å². The molecular weight excluding hydrogens is 480 g/mol. The van der Waals surface area contributed by atoms with Crippen LogP contribution in [0.5, 0.6) is 0 Å². The number of para-hydroxylation sites is 1. The molecule has 1 aliphatic carbocycles. The summed E-state index contributed by atoms with van der Waals surface area (Å²) in [7, 11) is 0. The van der Waals surface area contributed by atoms with Gasteiger partial charge >= 0.3 is 5.97 Å². The monoisotopic (exact) mass is 512 g/mol. The van der Waals surface area contributed by atoms with Crippen molar-refractivity contribution in [2.75, 3.05) is 6.61 Å². The predicted octanol–water partition coefficient (Wildman–Crippen LogP) is 0.137. The molecule has 3 unspecified atom stereocenters. The number of nitrogens with zero attached hydrogens (tertiary/aromatic N) is 2. The maximum atomic E-state index is 12.4. The van der Waals surface area contributed by atoms with Gasteiger partial charge < -0.3 is 34.6 Å². The van der Waals surface area contributed by atoms with Gasteiger partial charge in [-0.25, -0.2) is 0 Å². The topological polar surface area (TPSA) is 141 Å². The molecule has 6 fully saturated rings. The minimum Gasteiger partial charge on any atom is -0.461 e. The quantitative estimate of drug-likeness (QED) is 0.327. The number of rotatable bonds is 4. The van der Waals surface area contributed by atoms with Crippen LogP contribution in [0, 0.1) is 11.8 Å². The van der Waals surface area contributed by atoms with Gasteiger partial charge in [-0.15, -0.1) is 0 Å². The highest BCUT2D eigenvalue weighted by molar-refractivity contribution is 6.08. The zero-order chi connectivity index (χ0) is 25.8. The van der Waals surface area contributed by atoms with Crippen LogP contribution in [0.25, 0.3) is 0 Å². The average Bonchev–Trinajstić information content (AvgIpc) is 3.36. The van der Waals surface area contributed by atoms with Crippen LogP contribution in [0.1, 0.15) is 32.3 Å². The first-order chi connectivity index (χ1) is 17.8. The van der Waals surface area contributed by atoms with Crippen LogP contribution in [-0.2, 0) is 24.4 Å². The number of esters is 1. The van der Waals surface area contributed by atoms with E-state index in [9.17, 15) is 25.2 Å². The zero-order valence-electron chi connectivity index (χ0n) is 20.7. The first-order valence-corrected chi connectivity index (χ1v) is 13.1. The lowest BCUT2D eigenvalue weighted by atomic mass is 9.66. The number of fused-ring (bicyclic) bond motifs is 2. The number of aliphatic imine (C=N–C) groups is 1. The van der Waals surface area contributed by atoms with Crippen LogP contribution in [-0.4, -0.2) is 98.7 Å². The van der Waals surface area contributed by atoms with E-state index < -0.39 is 49.0 Å². The number of benzene rings is 1. The fraction of sp³-hybridized carbons (Fsp3) is 0.630. The van der Waals surface area contributed by atoms with Gasteiger partial charge in [-0.1, -0.05) is 24.3 Å². The zero-order valence-corrected chi connectivity index (χ0v) is 20.7. The van der Waals surface area contributed by atoms with E-state index in [2.05, 4.69) is 11.0 Å². The van der Waals surface area contributed by atoms with E-state index in [4.69, 9.17) is 19.2 Å². The molecule has 0 radical (unpaired) electrons. The molecule has 1 aromatic rings. The van der Waals surface area contributed by atoms with E-state index in [1.807, 2.05) is 31.2 Å². The number of carbonyl (C=O) groups is 1. The van der Waals surface area contributed by atoms with Gasteiger partial charge in [-0.2, -0.15) is 0 Å². The Balaban J connectivity index is 1.30. The predicted molar refractivity (Wildman–Crippen MR) is 129 cm³/mol. The largest absolute Gasteiger partial charge is 0.461 e. The Morgan fingerprint density at radius 1 is 1.24 bits per heavy atom. The molecule has 198 valence electrons. The second-order valence-corrected chi connectivity index (χ2v) is 11.1. The maximum Gasteiger partial charge on any atom is 0.302 e. The summed E-state index contributed by atoms with van der Waals surface area (Å²) in [4.78, 5) is 19.8. The molecule has 4 N–H and O–H groups in total. The Morgan fingerprint density at radius 3 is 2.76 bits per heavy atom. The van der Waals surface area contributed by atoms with Gasteiger partial charge in [-0.05, 0) is 42.9 Å². The van der Waals surface area contributed by atoms with Gasteiger partial charge in [0.25, 0.3) is 0 Å². The van der Waals surface area contributed by atoms with Gasteiger partial charge in [0.2, 0.25) is 0 Å². The molecule has 0 amide bonds. The van der Waals surface area contributed by atoms with Crippen LogP contribution in [0.4, 0.5) is 5.69 Å². The summed E-state index contributed by atoms with van der Waals surface area (Å²) in [6.07, 6.45) is -4.07. The van der Waals surface area contributed by atoms with Crippen LogP contribution in [0.2, 0.25) is 0 Å².